The number of rotatable bonds is 6. The molecular formula is C14H19NO2. The molecule has 1 atom stereocenters. The van der Waals surface area contributed by atoms with Crippen molar-refractivity contribution in [3.8, 4) is 0 Å². The van der Waals surface area contributed by atoms with Gasteiger partial charge < -0.3 is 5.11 Å². The highest BCUT2D eigenvalue weighted by atomic mass is 16.4. The number of carboxylic acid groups (broad SMARTS) is 1. The number of hydrogen-bond acceptors (Lipinski definition) is 2. The molecule has 92 valence electrons. The molecular weight excluding hydrogens is 214 g/mol. The van der Waals surface area contributed by atoms with Crippen LogP contribution in [0.3, 0.4) is 0 Å². The van der Waals surface area contributed by atoms with E-state index in [4.69, 9.17) is 5.11 Å². The highest BCUT2D eigenvalue weighted by Crippen LogP contribution is 2.28. The van der Waals surface area contributed by atoms with Gasteiger partial charge in [0, 0.05) is 12.6 Å². The van der Waals surface area contributed by atoms with E-state index in [1.165, 1.54) is 5.56 Å². The Hall–Kier alpha value is -1.35. The average Bonchev–Trinajstić information content (AvgIpc) is 3.15. The zero-order valence-electron chi connectivity index (χ0n) is 10.2. The van der Waals surface area contributed by atoms with Crippen LogP contribution < -0.4 is 0 Å². The second-order valence-electron chi connectivity index (χ2n) is 4.72. The van der Waals surface area contributed by atoms with E-state index in [1.807, 2.05) is 18.2 Å². The number of aliphatic carboxylic acids is 1. The summed E-state index contributed by atoms with van der Waals surface area (Å²) < 4.78 is 0. The molecule has 0 amide bonds. The number of carbonyl (C=O) groups is 1. The molecule has 0 radical (unpaired) electrons. The van der Waals surface area contributed by atoms with Crippen molar-refractivity contribution < 1.29 is 9.90 Å². The summed E-state index contributed by atoms with van der Waals surface area (Å²) >= 11 is 0. The number of hydrogen-bond donors (Lipinski definition) is 1. The third-order valence-corrected chi connectivity index (χ3v) is 3.37. The molecule has 0 heterocycles. The largest absolute Gasteiger partial charge is 0.480 e. The number of carboxylic acids is 1. The predicted octanol–water partition coefficient (Wildman–Crippen LogP) is 2.17. The normalized spacial score (nSPS) is 17.1. The summed E-state index contributed by atoms with van der Waals surface area (Å²) in [7, 11) is 0. The minimum absolute atomic E-state index is 0.369. The van der Waals surface area contributed by atoms with Gasteiger partial charge in [-0.1, -0.05) is 30.3 Å². The Kier molecular flexibility index (Phi) is 3.79. The highest BCUT2D eigenvalue weighted by Gasteiger charge is 2.34. The maximum atomic E-state index is 11.0. The molecule has 0 aromatic heterocycles. The van der Waals surface area contributed by atoms with E-state index in [1.54, 1.807) is 6.92 Å². The zero-order chi connectivity index (χ0) is 12.3. The van der Waals surface area contributed by atoms with E-state index in [0.717, 1.165) is 25.8 Å². The third kappa shape index (κ3) is 3.30. The fourth-order valence-corrected chi connectivity index (χ4v) is 2.14. The zero-order valence-corrected chi connectivity index (χ0v) is 10.2. The summed E-state index contributed by atoms with van der Waals surface area (Å²) in [6, 6.07) is 10.4. The van der Waals surface area contributed by atoms with E-state index >= 15 is 0 Å². The summed E-state index contributed by atoms with van der Waals surface area (Å²) in [5, 5.41) is 9.08. The van der Waals surface area contributed by atoms with E-state index in [2.05, 4.69) is 17.0 Å². The third-order valence-electron chi connectivity index (χ3n) is 3.37. The predicted molar refractivity (Wildman–Crippen MR) is 67.0 cm³/mol. The first-order valence-electron chi connectivity index (χ1n) is 6.21. The van der Waals surface area contributed by atoms with Gasteiger partial charge in [0.1, 0.15) is 6.04 Å². The monoisotopic (exact) mass is 233 g/mol. The molecule has 1 saturated carbocycles. The molecule has 1 aliphatic carbocycles. The minimum atomic E-state index is -0.718. The van der Waals surface area contributed by atoms with Gasteiger partial charge in [-0.15, -0.1) is 0 Å². The van der Waals surface area contributed by atoms with Crippen LogP contribution in [-0.4, -0.2) is 34.6 Å². The highest BCUT2D eigenvalue weighted by molar-refractivity contribution is 5.73. The lowest BCUT2D eigenvalue weighted by atomic mass is 10.1. The summed E-state index contributed by atoms with van der Waals surface area (Å²) in [4.78, 5) is 13.2. The standard InChI is InChI=1S/C14H19NO2/c1-11(14(16)17)15(13-7-8-13)10-9-12-5-3-2-4-6-12/h2-6,11,13H,7-10H2,1H3,(H,16,17). The van der Waals surface area contributed by atoms with Crippen molar-refractivity contribution in [1.82, 2.24) is 4.90 Å². The van der Waals surface area contributed by atoms with Crippen LogP contribution in [0.5, 0.6) is 0 Å². The summed E-state index contributed by atoms with van der Waals surface area (Å²) in [5.74, 6) is -0.718. The van der Waals surface area contributed by atoms with Gasteiger partial charge in [0.05, 0.1) is 0 Å². The number of benzene rings is 1. The van der Waals surface area contributed by atoms with Crippen LogP contribution in [0.25, 0.3) is 0 Å². The van der Waals surface area contributed by atoms with Gasteiger partial charge in [-0.2, -0.15) is 0 Å². The van der Waals surface area contributed by atoms with E-state index in [0.29, 0.717) is 6.04 Å². The molecule has 0 aliphatic heterocycles. The van der Waals surface area contributed by atoms with Gasteiger partial charge in [-0.3, -0.25) is 9.69 Å². The molecule has 1 unspecified atom stereocenters. The summed E-state index contributed by atoms with van der Waals surface area (Å²) in [6.45, 7) is 2.62. The topological polar surface area (TPSA) is 40.5 Å². The van der Waals surface area contributed by atoms with Crippen molar-refractivity contribution in [3.63, 3.8) is 0 Å². The molecule has 2 rings (SSSR count). The fourth-order valence-electron chi connectivity index (χ4n) is 2.14. The summed E-state index contributed by atoms with van der Waals surface area (Å²) in [5.41, 5.74) is 1.27. The van der Waals surface area contributed by atoms with Crippen LogP contribution in [0.15, 0.2) is 30.3 Å². The van der Waals surface area contributed by atoms with E-state index < -0.39 is 5.97 Å². The lowest BCUT2D eigenvalue weighted by molar-refractivity contribution is -0.142. The molecule has 1 fully saturated rings. The Labute approximate surface area is 102 Å². The van der Waals surface area contributed by atoms with Gasteiger partial charge >= 0.3 is 5.97 Å². The molecule has 3 nitrogen and oxygen atoms in total. The molecule has 3 heteroatoms. The van der Waals surface area contributed by atoms with Crippen molar-refractivity contribution in [2.45, 2.75) is 38.3 Å². The van der Waals surface area contributed by atoms with E-state index in [-0.39, 0.29) is 6.04 Å². The minimum Gasteiger partial charge on any atom is -0.480 e. The molecule has 0 saturated heterocycles. The molecule has 0 bridgehead atoms. The van der Waals surface area contributed by atoms with Gasteiger partial charge in [-0.05, 0) is 31.7 Å². The molecule has 1 aliphatic rings. The first kappa shape index (κ1) is 12.1. The molecule has 1 aromatic carbocycles. The van der Waals surface area contributed by atoms with Crippen LogP contribution in [0, 0.1) is 0 Å². The number of nitrogens with zero attached hydrogens (tertiary/aromatic N) is 1. The Morgan fingerprint density at radius 2 is 2.06 bits per heavy atom. The van der Waals surface area contributed by atoms with Gasteiger partial charge in [0.25, 0.3) is 0 Å². The van der Waals surface area contributed by atoms with Crippen molar-refractivity contribution >= 4 is 5.97 Å². The maximum absolute atomic E-state index is 11.0. The van der Waals surface area contributed by atoms with Crippen LogP contribution in [0.1, 0.15) is 25.3 Å². The lowest BCUT2D eigenvalue weighted by Gasteiger charge is -2.26. The van der Waals surface area contributed by atoms with Crippen molar-refractivity contribution in [1.29, 1.82) is 0 Å². The first-order valence-corrected chi connectivity index (χ1v) is 6.21. The average molecular weight is 233 g/mol. The molecule has 0 spiro atoms. The lowest BCUT2D eigenvalue weighted by Crippen LogP contribution is -2.41. The smallest absolute Gasteiger partial charge is 0.320 e. The van der Waals surface area contributed by atoms with Crippen molar-refractivity contribution in [3.05, 3.63) is 35.9 Å². The first-order chi connectivity index (χ1) is 8.18. The molecule has 1 aromatic rings. The van der Waals surface area contributed by atoms with Crippen LogP contribution in [0.2, 0.25) is 0 Å². The second kappa shape index (κ2) is 5.32. The maximum Gasteiger partial charge on any atom is 0.320 e. The Balaban J connectivity index is 1.92. The SMILES string of the molecule is CC(C(=O)O)N(CCc1ccccc1)C1CC1. The van der Waals surface area contributed by atoms with Crippen LogP contribution >= 0.6 is 0 Å². The van der Waals surface area contributed by atoms with Crippen LogP contribution in [0.4, 0.5) is 0 Å². The quantitative estimate of drug-likeness (QED) is 0.818. The van der Waals surface area contributed by atoms with Gasteiger partial charge in [-0.25, -0.2) is 0 Å². The van der Waals surface area contributed by atoms with E-state index in [9.17, 15) is 4.79 Å². The van der Waals surface area contributed by atoms with Gasteiger partial charge in [0.15, 0.2) is 0 Å². The fraction of sp³-hybridized carbons (Fsp3) is 0.500. The summed E-state index contributed by atoms with van der Waals surface area (Å²) in [6.07, 6.45) is 3.22. The Morgan fingerprint density at radius 3 is 2.59 bits per heavy atom. The molecule has 1 N–H and O–H groups in total. The Bertz CT molecular complexity index is 373. The Morgan fingerprint density at radius 1 is 1.41 bits per heavy atom. The van der Waals surface area contributed by atoms with Gasteiger partial charge in [0.2, 0.25) is 0 Å². The van der Waals surface area contributed by atoms with Crippen molar-refractivity contribution in [2.24, 2.45) is 0 Å². The molecule has 17 heavy (non-hydrogen) atoms. The second-order valence-corrected chi connectivity index (χ2v) is 4.72. The van der Waals surface area contributed by atoms with Crippen molar-refractivity contribution in [2.75, 3.05) is 6.54 Å². The van der Waals surface area contributed by atoms with Crippen LogP contribution in [-0.2, 0) is 11.2 Å².